The molecule has 33 heavy (non-hydrogen) atoms. The quantitative estimate of drug-likeness (QED) is 0.615. The molecule has 1 atom stereocenters. The number of allylic oxidation sites excluding steroid dienone is 1. The number of hydrogen-bond donors (Lipinski definition) is 0. The summed E-state index contributed by atoms with van der Waals surface area (Å²) in [4.78, 5) is 15.3. The van der Waals surface area contributed by atoms with E-state index in [1.807, 2.05) is 30.0 Å². The van der Waals surface area contributed by atoms with Crippen molar-refractivity contribution in [2.45, 2.75) is 52.1 Å². The van der Waals surface area contributed by atoms with Gasteiger partial charge >= 0.3 is 0 Å². The average Bonchev–Trinajstić information content (AvgIpc) is 3.27. The standard InChI is InChI=1S/C26H29NO5S/c1-16-11-21-20(13-27(15-31-21)19-9-10-33(29,30)14-19)25-23(16)24(28)22(32-25)12-17-5-7-18(8-6-17)26(2,3)4/h5-8,11-12,19H,9-10,13-15H2,1-4H3/b22-12-. The first-order chi connectivity index (χ1) is 15.5. The van der Waals surface area contributed by atoms with Crippen molar-refractivity contribution in [3.05, 3.63) is 63.9 Å². The Labute approximate surface area is 195 Å². The van der Waals surface area contributed by atoms with E-state index < -0.39 is 9.84 Å². The van der Waals surface area contributed by atoms with Crippen molar-refractivity contribution in [2.75, 3.05) is 18.2 Å². The Kier molecular flexibility index (Phi) is 5.18. The molecule has 3 aliphatic heterocycles. The fraction of sp³-hybridized carbons (Fsp3) is 0.423. The number of ether oxygens (including phenoxy) is 2. The van der Waals surface area contributed by atoms with Crippen molar-refractivity contribution in [1.29, 1.82) is 0 Å². The van der Waals surface area contributed by atoms with Crippen LogP contribution in [0.15, 0.2) is 36.1 Å². The van der Waals surface area contributed by atoms with Gasteiger partial charge in [0, 0.05) is 12.6 Å². The summed E-state index contributed by atoms with van der Waals surface area (Å²) in [5, 5.41) is 0. The summed E-state index contributed by atoms with van der Waals surface area (Å²) in [6.07, 6.45) is 2.39. The second kappa shape index (κ2) is 7.71. The predicted octanol–water partition coefficient (Wildman–Crippen LogP) is 4.25. The monoisotopic (exact) mass is 467 g/mol. The van der Waals surface area contributed by atoms with Crippen LogP contribution in [0.2, 0.25) is 0 Å². The van der Waals surface area contributed by atoms with Gasteiger partial charge in [0.2, 0.25) is 5.78 Å². The third-order valence-electron chi connectivity index (χ3n) is 6.75. The third kappa shape index (κ3) is 4.08. The van der Waals surface area contributed by atoms with Gasteiger partial charge in [-0.1, -0.05) is 45.0 Å². The maximum absolute atomic E-state index is 13.2. The van der Waals surface area contributed by atoms with Gasteiger partial charge in [-0.3, -0.25) is 9.69 Å². The van der Waals surface area contributed by atoms with Crippen LogP contribution in [0.5, 0.6) is 11.5 Å². The normalized spacial score (nSPS) is 23.2. The van der Waals surface area contributed by atoms with Gasteiger partial charge in [0.15, 0.2) is 15.6 Å². The number of rotatable bonds is 2. The first-order valence-electron chi connectivity index (χ1n) is 11.3. The molecule has 2 aromatic carbocycles. The molecule has 1 fully saturated rings. The van der Waals surface area contributed by atoms with Gasteiger partial charge < -0.3 is 9.47 Å². The van der Waals surface area contributed by atoms with E-state index in [1.165, 1.54) is 5.56 Å². The molecule has 2 aromatic rings. The maximum Gasteiger partial charge on any atom is 0.232 e. The van der Waals surface area contributed by atoms with E-state index in [-0.39, 0.29) is 28.7 Å². The summed E-state index contributed by atoms with van der Waals surface area (Å²) in [5.41, 5.74) is 4.38. The number of hydrogen-bond acceptors (Lipinski definition) is 6. The van der Waals surface area contributed by atoms with E-state index in [9.17, 15) is 13.2 Å². The molecule has 0 aliphatic carbocycles. The van der Waals surface area contributed by atoms with Crippen LogP contribution in [-0.4, -0.2) is 43.4 Å². The highest BCUT2D eigenvalue weighted by Gasteiger charge is 2.39. The molecule has 0 radical (unpaired) electrons. The van der Waals surface area contributed by atoms with Gasteiger partial charge in [0.1, 0.15) is 18.2 Å². The van der Waals surface area contributed by atoms with Gasteiger partial charge in [0.05, 0.1) is 22.6 Å². The maximum atomic E-state index is 13.2. The fourth-order valence-electron chi connectivity index (χ4n) is 4.78. The lowest BCUT2D eigenvalue weighted by molar-refractivity contribution is 0.0633. The minimum atomic E-state index is -3.00. The molecule has 6 nitrogen and oxygen atoms in total. The van der Waals surface area contributed by atoms with Crippen molar-refractivity contribution >= 4 is 21.7 Å². The van der Waals surface area contributed by atoms with Crippen LogP contribution in [0, 0.1) is 6.92 Å². The molecule has 7 heteroatoms. The summed E-state index contributed by atoms with van der Waals surface area (Å²) in [5.74, 6) is 1.76. The lowest BCUT2D eigenvalue weighted by Gasteiger charge is -2.33. The summed E-state index contributed by atoms with van der Waals surface area (Å²) in [7, 11) is -3.00. The zero-order valence-electron chi connectivity index (χ0n) is 19.5. The van der Waals surface area contributed by atoms with Crippen LogP contribution in [0.25, 0.3) is 6.08 Å². The molecule has 0 N–H and O–H groups in total. The summed E-state index contributed by atoms with van der Waals surface area (Å²) >= 11 is 0. The van der Waals surface area contributed by atoms with Crippen molar-refractivity contribution in [1.82, 2.24) is 4.90 Å². The Bertz CT molecular complexity index is 1270. The molecule has 0 bridgehead atoms. The van der Waals surface area contributed by atoms with Crippen molar-refractivity contribution < 1.29 is 22.7 Å². The van der Waals surface area contributed by atoms with Crippen LogP contribution in [0.1, 0.15) is 59.8 Å². The zero-order chi connectivity index (χ0) is 23.5. The molecule has 3 heterocycles. The van der Waals surface area contributed by atoms with E-state index in [0.29, 0.717) is 42.5 Å². The summed E-state index contributed by atoms with van der Waals surface area (Å²) < 4.78 is 36.0. The van der Waals surface area contributed by atoms with Crippen LogP contribution in [0.3, 0.4) is 0 Å². The minimum Gasteiger partial charge on any atom is -0.478 e. The van der Waals surface area contributed by atoms with Crippen LogP contribution >= 0.6 is 0 Å². The van der Waals surface area contributed by atoms with Crippen LogP contribution < -0.4 is 9.47 Å². The number of sulfone groups is 1. The van der Waals surface area contributed by atoms with E-state index in [1.54, 1.807) is 6.08 Å². The Balaban J connectivity index is 1.45. The molecule has 0 saturated carbocycles. The summed E-state index contributed by atoms with van der Waals surface area (Å²) in [6, 6.07) is 9.97. The van der Waals surface area contributed by atoms with E-state index in [0.717, 1.165) is 16.7 Å². The molecular formula is C26H29NO5S. The third-order valence-corrected chi connectivity index (χ3v) is 8.50. The average molecular weight is 468 g/mol. The lowest BCUT2D eigenvalue weighted by atomic mass is 9.86. The van der Waals surface area contributed by atoms with Crippen LogP contribution in [-0.2, 0) is 21.8 Å². The minimum absolute atomic E-state index is 0.0578. The first kappa shape index (κ1) is 22.2. The zero-order valence-corrected chi connectivity index (χ0v) is 20.3. The van der Waals surface area contributed by atoms with Crippen LogP contribution in [0.4, 0.5) is 0 Å². The lowest BCUT2D eigenvalue weighted by Crippen LogP contribution is -2.41. The second-order valence-corrected chi connectivity index (χ2v) is 12.5. The Hall–Kier alpha value is -2.64. The number of ketones is 1. The largest absolute Gasteiger partial charge is 0.478 e. The van der Waals surface area contributed by atoms with Gasteiger partial charge in [-0.15, -0.1) is 0 Å². The Morgan fingerprint density at radius 2 is 1.88 bits per heavy atom. The number of Topliss-reactive ketones (excluding diaryl/α,β-unsaturated/α-hetero) is 1. The number of fused-ring (bicyclic) bond motifs is 3. The first-order valence-corrected chi connectivity index (χ1v) is 13.1. The molecule has 1 unspecified atom stereocenters. The van der Waals surface area contributed by atoms with E-state index >= 15 is 0 Å². The molecule has 1 saturated heterocycles. The number of benzene rings is 2. The summed E-state index contributed by atoms with van der Waals surface area (Å²) in [6.45, 7) is 9.22. The van der Waals surface area contributed by atoms with Crippen molar-refractivity contribution in [3.63, 3.8) is 0 Å². The SMILES string of the molecule is Cc1cc2c(c3c1C(=O)/C(=C/c1ccc(C(C)(C)C)cc1)O3)CN(C1CCS(=O)(=O)C1)CO2. The molecular weight excluding hydrogens is 438 g/mol. The van der Waals surface area contributed by atoms with Crippen molar-refractivity contribution in [3.8, 4) is 11.5 Å². The molecule has 174 valence electrons. The Morgan fingerprint density at radius 1 is 1.15 bits per heavy atom. The smallest absolute Gasteiger partial charge is 0.232 e. The topological polar surface area (TPSA) is 72.9 Å². The molecule has 3 aliphatic rings. The molecule has 5 rings (SSSR count). The predicted molar refractivity (Wildman–Crippen MR) is 127 cm³/mol. The van der Waals surface area contributed by atoms with E-state index in [2.05, 4.69) is 32.9 Å². The second-order valence-electron chi connectivity index (χ2n) is 10.3. The van der Waals surface area contributed by atoms with Crippen molar-refractivity contribution in [2.24, 2.45) is 0 Å². The van der Waals surface area contributed by atoms with Gasteiger partial charge in [-0.2, -0.15) is 0 Å². The highest BCUT2D eigenvalue weighted by Crippen LogP contribution is 2.44. The van der Waals surface area contributed by atoms with Gasteiger partial charge in [0.25, 0.3) is 0 Å². The van der Waals surface area contributed by atoms with Gasteiger partial charge in [-0.05, 0) is 47.6 Å². The number of nitrogens with zero attached hydrogens (tertiary/aromatic N) is 1. The highest BCUT2D eigenvalue weighted by molar-refractivity contribution is 7.91. The number of aryl methyl sites for hydroxylation is 1. The number of carbonyl (C=O) groups is 1. The molecule has 0 aromatic heterocycles. The molecule has 0 amide bonds. The van der Waals surface area contributed by atoms with Gasteiger partial charge in [-0.25, -0.2) is 8.42 Å². The number of carbonyl (C=O) groups excluding carboxylic acids is 1. The fourth-order valence-corrected chi connectivity index (χ4v) is 6.54. The van der Waals surface area contributed by atoms with E-state index in [4.69, 9.17) is 9.47 Å². The Morgan fingerprint density at radius 3 is 2.52 bits per heavy atom. The highest BCUT2D eigenvalue weighted by atomic mass is 32.2. The molecule has 0 spiro atoms.